The van der Waals surface area contributed by atoms with E-state index >= 15 is 0 Å². The highest BCUT2D eigenvalue weighted by Crippen LogP contribution is 2.08. The van der Waals surface area contributed by atoms with Crippen LogP contribution in [0.15, 0.2) is 47.3 Å². The van der Waals surface area contributed by atoms with Gasteiger partial charge in [0.15, 0.2) is 5.78 Å². The maximum Gasteiger partial charge on any atom is 0.251 e. The fourth-order valence-corrected chi connectivity index (χ4v) is 2.06. The Bertz CT molecular complexity index is 629. The lowest BCUT2D eigenvalue weighted by Crippen LogP contribution is -2.25. The summed E-state index contributed by atoms with van der Waals surface area (Å²) in [6.07, 6.45) is 0. The second kappa shape index (κ2) is 5.48. The molecular formula is C14H12INO2. The monoisotopic (exact) mass is 353 g/mol. The van der Waals surface area contributed by atoms with Gasteiger partial charge in [0.1, 0.15) is 0 Å². The van der Waals surface area contributed by atoms with Crippen LogP contribution in [-0.4, -0.2) is 10.4 Å². The van der Waals surface area contributed by atoms with Crippen LogP contribution in [0.4, 0.5) is 0 Å². The standard InChI is InChI=1S/C14H12INO2/c1-10-3-2-4-14(18)16(10)9-13(17)11-5-7-12(15)8-6-11/h2-8H,9H2,1H3. The van der Waals surface area contributed by atoms with Crippen LogP contribution in [0.5, 0.6) is 0 Å². The van der Waals surface area contributed by atoms with Crippen molar-refractivity contribution >= 4 is 28.4 Å². The van der Waals surface area contributed by atoms with Crippen LogP contribution in [0.2, 0.25) is 0 Å². The maximum atomic E-state index is 12.1. The summed E-state index contributed by atoms with van der Waals surface area (Å²) in [7, 11) is 0. The Morgan fingerprint density at radius 3 is 2.44 bits per heavy atom. The molecule has 0 N–H and O–H groups in total. The van der Waals surface area contributed by atoms with Gasteiger partial charge in [0, 0.05) is 20.9 Å². The molecule has 0 amide bonds. The largest absolute Gasteiger partial charge is 0.305 e. The van der Waals surface area contributed by atoms with Crippen LogP contribution < -0.4 is 5.56 Å². The predicted molar refractivity (Wildman–Crippen MR) is 78.9 cm³/mol. The number of Topliss-reactive ketones (excluding diaryl/α,β-unsaturated/α-hetero) is 1. The second-order valence-corrected chi connectivity index (χ2v) is 5.27. The number of pyridine rings is 1. The lowest BCUT2D eigenvalue weighted by molar-refractivity contribution is 0.0970. The topological polar surface area (TPSA) is 39.1 Å². The number of hydrogen-bond donors (Lipinski definition) is 0. The van der Waals surface area contributed by atoms with E-state index in [9.17, 15) is 9.59 Å². The van der Waals surface area contributed by atoms with Gasteiger partial charge in [0.05, 0.1) is 6.54 Å². The molecule has 0 unspecified atom stereocenters. The van der Waals surface area contributed by atoms with Crippen LogP contribution >= 0.6 is 22.6 Å². The van der Waals surface area contributed by atoms with Crippen molar-refractivity contribution < 1.29 is 4.79 Å². The van der Waals surface area contributed by atoms with Gasteiger partial charge in [-0.2, -0.15) is 0 Å². The Morgan fingerprint density at radius 2 is 1.83 bits per heavy atom. The van der Waals surface area contributed by atoms with Gasteiger partial charge >= 0.3 is 0 Å². The number of benzene rings is 1. The molecule has 0 saturated carbocycles. The van der Waals surface area contributed by atoms with Crippen molar-refractivity contribution in [1.82, 2.24) is 4.57 Å². The molecule has 92 valence electrons. The molecule has 2 aromatic rings. The number of halogens is 1. The molecule has 0 aliphatic rings. The van der Waals surface area contributed by atoms with E-state index in [1.54, 1.807) is 18.2 Å². The SMILES string of the molecule is Cc1cccc(=O)n1CC(=O)c1ccc(I)cc1. The van der Waals surface area contributed by atoms with E-state index in [0.29, 0.717) is 5.56 Å². The van der Waals surface area contributed by atoms with Gasteiger partial charge in [-0.05, 0) is 47.7 Å². The maximum absolute atomic E-state index is 12.1. The van der Waals surface area contributed by atoms with Crippen molar-refractivity contribution in [3.8, 4) is 0 Å². The molecule has 0 aliphatic heterocycles. The minimum absolute atomic E-state index is 0.0530. The van der Waals surface area contributed by atoms with Crippen molar-refractivity contribution in [2.24, 2.45) is 0 Å². The first kappa shape index (κ1) is 13.0. The molecule has 0 fully saturated rings. The molecule has 0 spiro atoms. The summed E-state index contributed by atoms with van der Waals surface area (Å²) in [5.74, 6) is -0.0530. The lowest BCUT2D eigenvalue weighted by Gasteiger charge is -2.08. The molecule has 1 aromatic carbocycles. The number of rotatable bonds is 3. The van der Waals surface area contributed by atoms with Gasteiger partial charge in [-0.1, -0.05) is 18.2 Å². The zero-order chi connectivity index (χ0) is 13.1. The normalized spacial score (nSPS) is 10.3. The fraction of sp³-hybridized carbons (Fsp3) is 0.143. The van der Waals surface area contributed by atoms with Crippen LogP contribution in [0.1, 0.15) is 16.1 Å². The molecule has 3 nitrogen and oxygen atoms in total. The smallest absolute Gasteiger partial charge is 0.251 e. The Balaban J connectivity index is 2.27. The number of aryl methyl sites for hydroxylation is 1. The molecule has 4 heteroatoms. The molecule has 1 aromatic heterocycles. The summed E-state index contributed by atoms with van der Waals surface area (Å²) < 4.78 is 2.57. The molecule has 0 aliphatic carbocycles. The molecule has 0 radical (unpaired) electrons. The first-order valence-corrected chi connectivity index (χ1v) is 6.61. The van der Waals surface area contributed by atoms with Crippen molar-refractivity contribution in [3.05, 3.63) is 67.6 Å². The van der Waals surface area contributed by atoms with E-state index in [0.717, 1.165) is 9.26 Å². The van der Waals surface area contributed by atoms with Gasteiger partial charge in [0.25, 0.3) is 5.56 Å². The quantitative estimate of drug-likeness (QED) is 0.629. The third-order valence-electron chi connectivity index (χ3n) is 2.74. The summed E-state index contributed by atoms with van der Waals surface area (Å²) in [5, 5.41) is 0. The Hall–Kier alpha value is -1.43. The summed E-state index contributed by atoms with van der Waals surface area (Å²) in [4.78, 5) is 23.7. The average molecular weight is 353 g/mol. The predicted octanol–water partition coefficient (Wildman–Crippen LogP) is 2.64. The van der Waals surface area contributed by atoms with Gasteiger partial charge in [-0.25, -0.2) is 0 Å². The van der Waals surface area contributed by atoms with Gasteiger partial charge < -0.3 is 4.57 Å². The van der Waals surface area contributed by atoms with Gasteiger partial charge in [-0.3, -0.25) is 9.59 Å². The van der Waals surface area contributed by atoms with E-state index in [1.807, 2.05) is 25.1 Å². The number of carbonyl (C=O) groups is 1. The first-order valence-electron chi connectivity index (χ1n) is 5.53. The highest BCUT2D eigenvalue weighted by molar-refractivity contribution is 14.1. The first-order chi connectivity index (χ1) is 8.58. The minimum Gasteiger partial charge on any atom is -0.305 e. The summed E-state index contributed by atoms with van der Waals surface area (Å²) >= 11 is 2.19. The number of aromatic nitrogens is 1. The molecule has 2 rings (SSSR count). The summed E-state index contributed by atoms with van der Waals surface area (Å²) in [5.41, 5.74) is 1.28. The number of nitrogens with zero attached hydrogens (tertiary/aromatic N) is 1. The van der Waals surface area contributed by atoms with Crippen LogP contribution in [0.3, 0.4) is 0 Å². The van der Waals surface area contributed by atoms with Crippen LogP contribution in [0, 0.1) is 10.5 Å². The van der Waals surface area contributed by atoms with E-state index in [-0.39, 0.29) is 17.9 Å². The summed E-state index contributed by atoms with van der Waals surface area (Å²) in [6, 6.07) is 12.3. The van der Waals surface area contributed by atoms with E-state index < -0.39 is 0 Å². The molecular weight excluding hydrogens is 341 g/mol. The third kappa shape index (κ3) is 2.87. The van der Waals surface area contributed by atoms with Crippen LogP contribution in [0.25, 0.3) is 0 Å². The average Bonchev–Trinajstić information content (AvgIpc) is 2.34. The fourth-order valence-electron chi connectivity index (χ4n) is 1.70. The van der Waals surface area contributed by atoms with E-state index in [2.05, 4.69) is 22.6 Å². The highest BCUT2D eigenvalue weighted by Gasteiger charge is 2.08. The zero-order valence-electron chi connectivity index (χ0n) is 9.89. The zero-order valence-corrected chi connectivity index (χ0v) is 12.0. The van der Waals surface area contributed by atoms with Crippen LogP contribution in [-0.2, 0) is 6.54 Å². The minimum atomic E-state index is -0.145. The Labute approximate surface area is 119 Å². The van der Waals surface area contributed by atoms with Gasteiger partial charge in [-0.15, -0.1) is 0 Å². The highest BCUT2D eigenvalue weighted by atomic mass is 127. The Kier molecular flexibility index (Phi) is 3.96. The number of carbonyl (C=O) groups excluding carboxylic acids is 1. The number of ketones is 1. The molecule has 0 bridgehead atoms. The third-order valence-corrected chi connectivity index (χ3v) is 3.46. The Morgan fingerprint density at radius 1 is 1.17 bits per heavy atom. The molecule has 1 heterocycles. The van der Waals surface area contributed by atoms with Crippen molar-refractivity contribution in [3.63, 3.8) is 0 Å². The van der Waals surface area contributed by atoms with E-state index in [4.69, 9.17) is 0 Å². The molecule has 18 heavy (non-hydrogen) atoms. The molecule has 0 atom stereocenters. The van der Waals surface area contributed by atoms with Crippen molar-refractivity contribution in [1.29, 1.82) is 0 Å². The number of hydrogen-bond acceptors (Lipinski definition) is 2. The van der Waals surface area contributed by atoms with Crippen molar-refractivity contribution in [2.45, 2.75) is 13.5 Å². The second-order valence-electron chi connectivity index (χ2n) is 4.02. The van der Waals surface area contributed by atoms with E-state index in [1.165, 1.54) is 10.6 Å². The lowest BCUT2D eigenvalue weighted by atomic mass is 10.1. The van der Waals surface area contributed by atoms with Gasteiger partial charge in [0.2, 0.25) is 0 Å². The summed E-state index contributed by atoms with van der Waals surface area (Å²) in [6.45, 7) is 1.91. The molecule has 0 saturated heterocycles. The van der Waals surface area contributed by atoms with Crippen molar-refractivity contribution in [2.75, 3.05) is 0 Å².